The molecule has 1 aliphatic carbocycles. The largest absolute Gasteiger partial charge is 0.416 e. The Balaban J connectivity index is 1.69. The van der Waals surface area contributed by atoms with E-state index < -0.39 is 30.2 Å². The molecule has 0 amide bonds. The molecule has 3 nitrogen and oxygen atoms in total. The van der Waals surface area contributed by atoms with Crippen molar-refractivity contribution in [3.05, 3.63) is 89.6 Å². The van der Waals surface area contributed by atoms with Crippen molar-refractivity contribution in [2.24, 2.45) is 5.92 Å². The Kier molecular flexibility index (Phi) is 7.07. The highest BCUT2D eigenvalue weighted by Crippen LogP contribution is 2.32. The summed E-state index contributed by atoms with van der Waals surface area (Å²) in [5.74, 6) is -1.54. The summed E-state index contributed by atoms with van der Waals surface area (Å²) in [6.45, 7) is 0.206. The van der Waals surface area contributed by atoms with E-state index in [2.05, 4.69) is 5.32 Å². The number of nitrogens with one attached hydrogen (secondary N) is 1. The monoisotopic (exact) mass is 443 g/mol. The minimum atomic E-state index is -4.44. The van der Waals surface area contributed by atoms with Gasteiger partial charge in [-0.1, -0.05) is 42.5 Å². The summed E-state index contributed by atoms with van der Waals surface area (Å²) in [6, 6.07) is 13.8. The van der Waals surface area contributed by atoms with Gasteiger partial charge in [-0.2, -0.15) is 26.3 Å². The summed E-state index contributed by atoms with van der Waals surface area (Å²) < 4.78 is 82.7. The average Bonchev–Trinajstić information content (AvgIpc) is 2.72. The van der Waals surface area contributed by atoms with E-state index in [4.69, 9.17) is 4.74 Å². The van der Waals surface area contributed by atoms with E-state index in [0.29, 0.717) is 11.4 Å². The van der Waals surface area contributed by atoms with Crippen LogP contribution in [0, 0.1) is 5.92 Å². The number of benzene rings is 2. The summed E-state index contributed by atoms with van der Waals surface area (Å²) in [5.41, 5.74) is 1.03. The molecule has 2 unspecified atom stereocenters. The van der Waals surface area contributed by atoms with E-state index in [1.54, 1.807) is 5.32 Å². The first kappa shape index (κ1) is 22.9. The van der Waals surface area contributed by atoms with Crippen LogP contribution in [0.15, 0.2) is 78.5 Å². The molecule has 2 atom stereocenters. The summed E-state index contributed by atoms with van der Waals surface area (Å²) in [6.07, 6.45) is -5.88. The first-order valence-corrected chi connectivity index (χ1v) is 9.50. The fourth-order valence-corrected chi connectivity index (χ4v) is 2.98. The Morgan fingerprint density at radius 1 is 0.968 bits per heavy atom. The van der Waals surface area contributed by atoms with Crippen LogP contribution in [0.25, 0.3) is 0 Å². The lowest BCUT2D eigenvalue weighted by Gasteiger charge is -2.23. The van der Waals surface area contributed by atoms with E-state index in [1.165, 1.54) is 24.3 Å². The molecule has 9 heteroatoms. The van der Waals surface area contributed by atoms with Gasteiger partial charge in [0.2, 0.25) is 0 Å². The molecule has 0 fully saturated rings. The highest BCUT2D eigenvalue weighted by Gasteiger charge is 2.38. The van der Waals surface area contributed by atoms with E-state index in [9.17, 15) is 26.3 Å². The van der Waals surface area contributed by atoms with Crippen LogP contribution in [0.3, 0.4) is 0 Å². The Hall–Kier alpha value is -2.78. The van der Waals surface area contributed by atoms with Crippen LogP contribution in [-0.4, -0.2) is 12.5 Å². The Bertz CT molecular complexity index is 904. The lowest BCUT2D eigenvalue weighted by atomic mass is 9.99. The van der Waals surface area contributed by atoms with Gasteiger partial charge in [-0.3, -0.25) is 5.32 Å². The third-order valence-electron chi connectivity index (χ3n) is 4.68. The lowest BCUT2D eigenvalue weighted by molar-refractivity contribution is -0.663. The van der Waals surface area contributed by atoms with Crippen molar-refractivity contribution in [1.82, 2.24) is 5.32 Å². The number of hydrogen-bond donors (Lipinski definition) is 2. The molecule has 166 valence electrons. The van der Waals surface area contributed by atoms with Crippen molar-refractivity contribution in [1.29, 1.82) is 0 Å². The maximum Gasteiger partial charge on any atom is 0.416 e. The zero-order chi connectivity index (χ0) is 22.5. The van der Waals surface area contributed by atoms with Crippen LogP contribution in [0.5, 0.6) is 0 Å². The normalized spacial score (nSPS) is 17.9. The smallest absolute Gasteiger partial charge is 0.312 e. The quantitative estimate of drug-likeness (QED) is 0.359. The van der Waals surface area contributed by atoms with E-state index >= 15 is 0 Å². The Morgan fingerprint density at radius 3 is 2.19 bits per heavy atom. The molecule has 2 aromatic rings. The molecular weight excluding hydrogens is 422 g/mol. The molecule has 0 aromatic heterocycles. The molecule has 0 saturated heterocycles. The molecule has 0 saturated carbocycles. The van der Waals surface area contributed by atoms with Crippen molar-refractivity contribution < 1.29 is 36.4 Å². The average molecular weight is 443 g/mol. The standard InChI is InChI=1S/C22H20F6N2O/c23-21(24,25)16-6-10-18(11-7-16)29-20(31-14-15-4-2-1-3-5-15)30-19-12-8-17(9-13-19)22(26,27)28/h1-8,10-13,17,20,29-30H,9,14H2/p+1. The predicted octanol–water partition coefficient (Wildman–Crippen LogP) is 5.01. The van der Waals surface area contributed by atoms with Crippen LogP contribution in [0.2, 0.25) is 0 Å². The number of quaternary nitrogens is 1. The molecule has 3 N–H and O–H groups in total. The van der Waals surface area contributed by atoms with Crippen LogP contribution in [0.1, 0.15) is 17.5 Å². The highest BCUT2D eigenvalue weighted by atomic mass is 19.4. The van der Waals surface area contributed by atoms with E-state index in [1.807, 2.05) is 30.3 Å². The van der Waals surface area contributed by atoms with Gasteiger partial charge in [0.1, 0.15) is 5.69 Å². The predicted molar refractivity (Wildman–Crippen MR) is 103 cm³/mol. The van der Waals surface area contributed by atoms with E-state index in [0.717, 1.165) is 23.8 Å². The first-order valence-electron chi connectivity index (χ1n) is 9.50. The van der Waals surface area contributed by atoms with E-state index in [-0.39, 0.29) is 13.0 Å². The molecule has 0 heterocycles. The minimum absolute atomic E-state index is 0.200. The molecular formula is C22H21F6N2O+. The SMILES string of the molecule is FC(F)(F)c1ccc([NH2+]C(NC2=CCC(C(F)(F)F)C=C2)OCc2ccccc2)cc1. The van der Waals surface area contributed by atoms with Crippen molar-refractivity contribution in [2.75, 3.05) is 0 Å². The zero-order valence-electron chi connectivity index (χ0n) is 16.3. The van der Waals surface area contributed by atoms with Crippen LogP contribution in [-0.2, 0) is 17.5 Å². The second kappa shape index (κ2) is 9.57. The number of nitrogens with two attached hydrogens (primary N) is 1. The van der Waals surface area contributed by atoms with Gasteiger partial charge in [0.05, 0.1) is 18.1 Å². The molecule has 1 aliphatic rings. The highest BCUT2D eigenvalue weighted by molar-refractivity contribution is 5.33. The van der Waals surface area contributed by atoms with Crippen LogP contribution < -0.4 is 10.6 Å². The van der Waals surface area contributed by atoms with Gasteiger partial charge in [0.15, 0.2) is 0 Å². The lowest BCUT2D eigenvalue weighted by Crippen LogP contribution is -2.89. The number of ether oxygens (including phenoxy) is 1. The first-order chi connectivity index (χ1) is 14.6. The number of hydrogen-bond acceptors (Lipinski definition) is 2. The van der Waals surface area contributed by atoms with Crippen molar-refractivity contribution in [3.63, 3.8) is 0 Å². The molecule has 3 rings (SSSR count). The topological polar surface area (TPSA) is 37.9 Å². The van der Waals surface area contributed by atoms with Gasteiger partial charge < -0.3 is 10.1 Å². The van der Waals surface area contributed by atoms with Gasteiger partial charge in [0, 0.05) is 5.70 Å². The number of alkyl halides is 6. The van der Waals surface area contributed by atoms with Crippen LogP contribution >= 0.6 is 0 Å². The summed E-state index contributed by atoms with van der Waals surface area (Å²) in [5, 5.41) is 4.58. The molecule has 31 heavy (non-hydrogen) atoms. The van der Waals surface area contributed by atoms with Crippen LogP contribution in [0.4, 0.5) is 32.0 Å². The second-order valence-electron chi connectivity index (χ2n) is 7.05. The zero-order valence-corrected chi connectivity index (χ0v) is 16.3. The Labute approximate surface area is 175 Å². The maximum absolute atomic E-state index is 12.8. The van der Waals surface area contributed by atoms with Gasteiger partial charge in [0.25, 0.3) is 6.35 Å². The summed E-state index contributed by atoms with van der Waals surface area (Å²) in [4.78, 5) is 0. The fraction of sp³-hybridized carbons (Fsp3) is 0.273. The fourth-order valence-electron chi connectivity index (χ4n) is 2.98. The number of halogens is 6. The van der Waals surface area contributed by atoms with Gasteiger partial charge in [-0.25, -0.2) is 0 Å². The second-order valence-corrected chi connectivity index (χ2v) is 7.05. The number of rotatable bonds is 7. The maximum atomic E-state index is 12.8. The summed E-state index contributed by atoms with van der Waals surface area (Å²) in [7, 11) is 0. The molecule has 0 spiro atoms. The van der Waals surface area contributed by atoms with Gasteiger partial charge in [-0.05, 0) is 42.3 Å². The molecule has 0 bridgehead atoms. The minimum Gasteiger partial charge on any atom is -0.312 e. The molecule has 0 aliphatic heterocycles. The van der Waals surface area contributed by atoms with Gasteiger partial charge in [-0.15, -0.1) is 0 Å². The number of allylic oxidation sites excluding steroid dienone is 3. The summed E-state index contributed by atoms with van der Waals surface area (Å²) >= 11 is 0. The molecule has 2 aromatic carbocycles. The van der Waals surface area contributed by atoms with Crippen molar-refractivity contribution in [2.45, 2.75) is 31.7 Å². The van der Waals surface area contributed by atoms with Gasteiger partial charge >= 0.3 is 12.4 Å². The third kappa shape index (κ3) is 6.86. The van der Waals surface area contributed by atoms with Crippen molar-refractivity contribution in [3.8, 4) is 0 Å². The third-order valence-corrected chi connectivity index (χ3v) is 4.68. The molecule has 0 radical (unpaired) electrons. The Morgan fingerprint density at radius 2 is 1.65 bits per heavy atom. The van der Waals surface area contributed by atoms with Crippen molar-refractivity contribution >= 4 is 5.69 Å².